The van der Waals surface area contributed by atoms with Crippen molar-refractivity contribution in [2.45, 2.75) is 51.7 Å². The van der Waals surface area contributed by atoms with Gasteiger partial charge in [0.1, 0.15) is 0 Å². The lowest BCUT2D eigenvalue weighted by Gasteiger charge is -2.19. The fourth-order valence-corrected chi connectivity index (χ4v) is 1.89. The molecule has 0 bridgehead atoms. The molecule has 1 unspecified atom stereocenters. The lowest BCUT2D eigenvalue weighted by atomic mass is 10.2. The highest BCUT2D eigenvalue weighted by molar-refractivity contribution is 5.00. The van der Waals surface area contributed by atoms with Gasteiger partial charge in [-0.15, -0.1) is 0 Å². The largest absolute Gasteiger partial charge is 0.302 e. The second-order valence-electron chi connectivity index (χ2n) is 4.16. The number of hydrogen-bond donors (Lipinski definition) is 2. The molecular formula is C11H22N2. The summed E-state index contributed by atoms with van der Waals surface area (Å²) in [6, 6.07) is 0.730. The SMILES string of the molecule is CNC(C=C(C)C)NC1CCCC1. The van der Waals surface area contributed by atoms with E-state index in [0.29, 0.717) is 6.17 Å². The van der Waals surface area contributed by atoms with Crippen LogP contribution in [-0.4, -0.2) is 19.3 Å². The number of rotatable bonds is 4. The monoisotopic (exact) mass is 182 g/mol. The van der Waals surface area contributed by atoms with Gasteiger partial charge in [-0.1, -0.05) is 24.5 Å². The molecule has 0 saturated heterocycles. The molecule has 2 heteroatoms. The van der Waals surface area contributed by atoms with Crippen LogP contribution >= 0.6 is 0 Å². The van der Waals surface area contributed by atoms with E-state index >= 15 is 0 Å². The minimum atomic E-state index is 0.355. The van der Waals surface area contributed by atoms with Gasteiger partial charge in [0.25, 0.3) is 0 Å². The van der Waals surface area contributed by atoms with Gasteiger partial charge < -0.3 is 5.32 Å². The Kier molecular flexibility index (Phi) is 4.46. The highest BCUT2D eigenvalue weighted by Crippen LogP contribution is 2.17. The highest BCUT2D eigenvalue weighted by atomic mass is 15.1. The van der Waals surface area contributed by atoms with Crippen molar-refractivity contribution in [2.24, 2.45) is 0 Å². The zero-order valence-corrected chi connectivity index (χ0v) is 9.06. The summed E-state index contributed by atoms with van der Waals surface area (Å²) in [5, 5.41) is 6.88. The third-order valence-electron chi connectivity index (χ3n) is 2.58. The summed E-state index contributed by atoms with van der Waals surface area (Å²) in [6.45, 7) is 4.28. The van der Waals surface area contributed by atoms with Crippen molar-refractivity contribution in [1.29, 1.82) is 0 Å². The van der Waals surface area contributed by atoms with E-state index in [2.05, 4.69) is 30.6 Å². The van der Waals surface area contributed by atoms with E-state index in [1.54, 1.807) is 0 Å². The Bertz CT molecular complexity index is 165. The molecule has 0 amide bonds. The maximum Gasteiger partial charge on any atom is 0.0766 e. The van der Waals surface area contributed by atoms with Crippen molar-refractivity contribution in [3.05, 3.63) is 11.6 Å². The first kappa shape index (κ1) is 10.7. The van der Waals surface area contributed by atoms with Crippen LogP contribution in [0, 0.1) is 0 Å². The van der Waals surface area contributed by atoms with Gasteiger partial charge in [-0.3, -0.25) is 5.32 Å². The molecule has 1 rings (SSSR count). The van der Waals surface area contributed by atoms with Crippen LogP contribution in [0.2, 0.25) is 0 Å². The molecule has 0 aromatic rings. The average Bonchev–Trinajstić information content (AvgIpc) is 2.55. The van der Waals surface area contributed by atoms with Gasteiger partial charge in [-0.2, -0.15) is 0 Å². The van der Waals surface area contributed by atoms with Gasteiger partial charge in [-0.05, 0) is 33.7 Å². The van der Waals surface area contributed by atoms with Crippen molar-refractivity contribution >= 4 is 0 Å². The van der Waals surface area contributed by atoms with E-state index in [1.807, 2.05) is 7.05 Å². The Labute approximate surface area is 81.8 Å². The molecule has 13 heavy (non-hydrogen) atoms. The normalized spacial score (nSPS) is 20.2. The molecule has 0 radical (unpaired) electrons. The number of allylic oxidation sites excluding steroid dienone is 1. The second kappa shape index (κ2) is 5.40. The van der Waals surface area contributed by atoms with E-state index in [9.17, 15) is 0 Å². The van der Waals surface area contributed by atoms with Crippen LogP contribution in [0.1, 0.15) is 39.5 Å². The van der Waals surface area contributed by atoms with E-state index in [-0.39, 0.29) is 0 Å². The van der Waals surface area contributed by atoms with E-state index < -0.39 is 0 Å². The standard InChI is InChI=1S/C11H22N2/c1-9(2)8-11(12-3)13-10-6-4-5-7-10/h8,10-13H,4-7H2,1-3H3. The summed E-state index contributed by atoms with van der Waals surface area (Å²) >= 11 is 0. The van der Waals surface area contributed by atoms with Crippen molar-refractivity contribution < 1.29 is 0 Å². The van der Waals surface area contributed by atoms with E-state index in [4.69, 9.17) is 0 Å². The fraction of sp³-hybridized carbons (Fsp3) is 0.818. The van der Waals surface area contributed by atoms with Crippen LogP contribution in [0.4, 0.5) is 0 Å². The minimum Gasteiger partial charge on any atom is -0.302 e. The van der Waals surface area contributed by atoms with Crippen LogP contribution in [-0.2, 0) is 0 Å². The van der Waals surface area contributed by atoms with Gasteiger partial charge in [0.2, 0.25) is 0 Å². The van der Waals surface area contributed by atoms with Crippen LogP contribution in [0.25, 0.3) is 0 Å². The third-order valence-corrected chi connectivity index (χ3v) is 2.58. The molecule has 2 nitrogen and oxygen atoms in total. The van der Waals surface area contributed by atoms with Crippen LogP contribution in [0.3, 0.4) is 0 Å². The van der Waals surface area contributed by atoms with E-state index in [0.717, 1.165) is 6.04 Å². The second-order valence-corrected chi connectivity index (χ2v) is 4.16. The topological polar surface area (TPSA) is 24.1 Å². The predicted molar refractivity (Wildman–Crippen MR) is 57.7 cm³/mol. The van der Waals surface area contributed by atoms with Crippen molar-refractivity contribution in [2.75, 3.05) is 7.05 Å². The Balaban J connectivity index is 2.34. The minimum absolute atomic E-state index is 0.355. The van der Waals surface area contributed by atoms with Gasteiger partial charge in [0, 0.05) is 6.04 Å². The van der Waals surface area contributed by atoms with Crippen molar-refractivity contribution in [3.63, 3.8) is 0 Å². The first-order valence-electron chi connectivity index (χ1n) is 5.30. The van der Waals surface area contributed by atoms with Crippen molar-refractivity contribution in [3.8, 4) is 0 Å². The molecule has 1 saturated carbocycles. The molecule has 0 spiro atoms. The summed E-state index contributed by atoms with van der Waals surface area (Å²) in [7, 11) is 2.01. The Morgan fingerprint density at radius 3 is 2.38 bits per heavy atom. The Morgan fingerprint density at radius 1 is 1.31 bits per heavy atom. The fourth-order valence-electron chi connectivity index (χ4n) is 1.89. The van der Waals surface area contributed by atoms with Crippen molar-refractivity contribution in [1.82, 2.24) is 10.6 Å². The number of nitrogens with one attached hydrogen (secondary N) is 2. The molecule has 1 aliphatic carbocycles. The predicted octanol–water partition coefficient (Wildman–Crippen LogP) is 2.03. The summed E-state index contributed by atoms with van der Waals surface area (Å²) in [5.74, 6) is 0. The van der Waals surface area contributed by atoms with E-state index in [1.165, 1.54) is 31.3 Å². The molecule has 0 aromatic carbocycles. The summed E-state index contributed by atoms with van der Waals surface area (Å²) < 4.78 is 0. The van der Waals surface area contributed by atoms with Gasteiger partial charge in [-0.25, -0.2) is 0 Å². The summed E-state index contributed by atoms with van der Waals surface area (Å²) in [5.41, 5.74) is 1.37. The Hall–Kier alpha value is -0.340. The molecule has 76 valence electrons. The molecule has 2 N–H and O–H groups in total. The molecule has 1 aliphatic rings. The maximum absolute atomic E-state index is 3.61. The zero-order chi connectivity index (χ0) is 9.68. The lowest BCUT2D eigenvalue weighted by molar-refractivity contribution is 0.441. The number of hydrogen-bond acceptors (Lipinski definition) is 2. The van der Waals surface area contributed by atoms with Crippen LogP contribution < -0.4 is 10.6 Å². The third kappa shape index (κ3) is 3.92. The van der Waals surface area contributed by atoms with Gasteiger partial charge >= 0.3 is 0 Å². The van der Waals surface area contributed by atoms with Gasteiger partial charge in [0.15, 0.2) is 0 Å². The zero-order valence-electron chi connectivity index (χ0n) is 9.06. The molecule has 1 fully saturated rings. The highest BCUT2D eigenvalue weighted by Gasteiger charge is 2.16. The average molecular weight is 182 g/mol. The summed E-state index contributed by atoms with van der Waals surface area (Å²) in [4.78, 5) is 0. The maximum atomic E-state index is 3.61. The number of likely N-dealkylation sites (N-methyl/N-ethyl adjacent to an activating group) is 1. The van der Waals surface area contributed by atoms with Crippen LogP contribution in [0.5, 0.6) is 0 Å². The smallest absolute Gasteiger partial charge is 0.0766 e. The molecule has 0 aliphatic heterocycles. The first-order chi connectivity index (χ1) is 6.22. The summed E-state index contributed by atoms with van der Waals surface area (Å²) in [6.07, 6.45) is 8.07. The lowest BCUT2D eigenvalue weighted by Crippen LogP contribution is -2.43. The molecule has 1 atom stereocenters. The molecular weight excluding hydrogens is 160 g/mol. The Morgan fingerprint density at radius 2 is 1.92 bits per heavy atom. The molecule has 0 aromatic heterocycles. The first-order valence-corrected chi connectivity index (χ1v) is 5.30. The van der Waals surface area contributed by atoms with Gasteiger partial charge in [0.05, 0.1) is 6.17 Å². The molecule has 0 heterocycles. The quantitative estimate of drug-likeness (QED) is 0.513. The van der Waals surface area contributed by atoms with Crippen LogP contribution in [0.15, 0.2) is 11.6 Å².